The fraction of sp³-hybridized carbons (Fsp3) is 0.0909. The molecule has 2 heterocycles. The van der Waals surface area contributed by atoms with Gasteiger partial charge in [0.05, 0.1) is 11.3 Å². The minimum atomic E-state index is 0.172. The van der Waals surface area contributed by atoms with Crippen molar-refractivity contribution in [2.75, 3.05) is 6.26 Å². The summed E-state index contributed by atoms with van der Waals surface area (Å²) < 4.78 is 0. The maximum atomic E-state index is 5.62. The van der Waals surface area contributed by atoms with Gasteiger partial charge in [0.25, 0.3) is 0 Å². The van der Waals surface area contributed by atoms with Gasteiger partial charge in [0.1, 0.15) is 11.5 Å². The molecule has 0 atom stereocenters. The Balaban J connectivity index is 2.38. The minimum Gasteiger partial charge on any atom is -0.404 e. The Labute approximate surface area is 114 Å². The number of nitrogens with two attached hydrogens (primary N) is 2. The first kappa shape index (κ1) is 13.1. The van der Waals surface area contributed by atoms with E-state index in [0.29, 0.717) is 28.0 Å². The second kappa shape index (κ2) is 5.53. The summed E-state index contributed by atoms with van der Waals surface area (Å²) in [5.74, 6) is 0.625. The highest BCUT2D eigenvalue weighted by Crippen LogP contribution is 2.15. The second-order valence-corrected chi connectivity index (χ2v) is 4.31. The summed E-state index contributed by atoms with van der Waals surface area (Å²) in [6.45, 7) is 3.51. The van der Waals surface area contributed by atoms with E-state index in [9.17, 15) is 0 Å². The van der Waals surface area contributed by atoms with Crippen molar-refractivity contribution < 1.29 is 0 Å². The van der Waals surface area contributed by atoms with Gasteiger partial charge >= 0.3 is 0 Å². The lowest BCUT2D eigenvalue weighted by Gasteiger charge is -2.03. The van der Waals surface area contributed by atoms with E-state index in [2.05, 4.69) is 32.1 Å². The van der Waals surface area contributed by atoms with Crippen LogP contribution in [0, 0.1) is 0 Å². The molecule has 0 unspecified atom stereocenters. The van der Waals surface area contributed by atoms with Crippen LogP contribution in [0.4, 0.5) is 0 Å². The number of hydrazone groups is 1. The van der Waals surface area contributed by atoms with Crippen molar-refractivity contribution in [1.29, 1.82) is 0 Å². The standard InChI is InChI=1S/C11H13N7S/c1-6(13)15-10-7(5-12)9(17-18-10)8-3-4-14-11(16-8)19-2/h3-5H,1,12-13H2,2H3,(H,15,18)/b7-5-. The number of aliphatic imine (C=N–C) groups is 1. The fourth-order valence-corrected chi connectivity index (χ4v) is 1.85. The monoisotopic (exact) mass is 275 g/mol. The molecule has 5 N–H and O–H groups in total. The van der Waals surface area contributed by atoms with Crippen LogP contribution in [0.3, 0.4) is 0 Å². The first-order valence-corrected chi connectivity index (χ1v) is 6.55. The molecule has 0 saturated heterocycles. The summed E-state index contributed by atoms with van der Waals surface area (Å²) in [5, 5.41) is 4.82. The zero-order valence-corrected chi connectivity index (χ0v) is 11.1. The Morgan fingerprint density at radius 2 is 2.37 bits per heavy atom. The fourth-order valence-electron chi connectivity index (χ4n) is 1.49. The molecule has 0 aliphatic carbocycles. The number of hydrogen-bond donors (Lipinski definition) is 3. The van der Waals surface area contributed by atoms with Crippen LogP contribution in [0.2, 0.25) is 0 Å². The van der Waals surface area contributed by atoms with Gasteiger partial charge in [-0.25, -0.2) is 15.0 Å². The van der Waals surface area contributed by atoms with Crippen molar-refractivity contribution in [2.45, 2.75) is 5.16 Å². The smallest absolute Gasteiger partial charge is 0.187 e. The molecule has 0 saturated carbocycles. The Morgan fingerprint density at radius 1 is 1.58 bits per heavy atom. The van der Waals surface area contributed by atoms with Crippen molar-refractivity contribution in [3.8, 4) is 0 Å². The molecule has 1 aromatic rings. The number of rotatable bonds is 3. The molecule has 2 rings (SSSR count). The van der Waals surface area contributed by atoms with Gasteiger partial charge < -0.3 is 11.5 Å². The highest BCUT2D eigenvalue weighted by atomic mass is 32.2. The molecule has 1 aliphatic heterocycles. The zero-order valence-electron chi connectivity index (χ0n) is 10.3. The maximum absolute atomic E-state index is 5.62. The second-order valence-electron chi connectivity index (χ2n) is 3.53. The minimum absolute atomic E-state index is 0.172. The van der Waals surface area contributed by atoms with Crippen LogP contribution in [0.1, 0.15) is 5.69 Å². The van der Waals surface area contributed by atoms with Crippen molar-refractivity contribution in [1.82, 2.24) is 15.4 Å². The molecule has 0 bridgehead atoms. The van der Waals surface area contributed by atoms with Gasteiger partial charge in [0.2, 0.25) is 0 Å². The largest absolute Gasteiger partial charge is 0.404 e. The highest BCUT2D eigenvalue weighted by Gasteiger charge is 2.23. The van der Waals surface area contributed by atoms with E-state index in [0.717, 1.165) is 0 Å². The summed E-state index contributed by atoms with van der Waals surface area (Å²) >= 11 is 1.45. The van der Waals surface area contributed by atoms with Crippen molar-refractivity contribution >= 4 is 23.3 Å². The zero-order chi connectivity index (χ0) is 13.8. The summed E-state index contributed by atoms with van der Waals surface area (Å²) in [5.41, 5.74) is 15.7. The van der Waals surface area contributed by atoms with Crippen LogP contribution >= 0.6 is 11.8 Å². The van der Waals surface area contributed by atoms with Crippen molar-refractivity contribution in [3.63, 3.8) is 0 Å². The van der Waals surface area contributed by atoms with Gasteiger partial charge in [0.15, 0.2) is 11.0 Å². The molecule has 1 aromatic heterocycles. The number of amidine groups is 1. The van der Waals surface area contributed by atoms with Crippen LogP contribution in [-0.2, 0) is 0 Å². The van der Waals surface area contributed by atoms with Gasteiger partial charge in [0, 0.05) is 12.4 Å². The molecule has 7 nitrogen and oxygen atoms in total. The topological polar surface area (TPSA) is 115 Å². The normalized spacial score (nSPS) is 18.5. The van der Waals surface area contributed by atoms with E-state index in [1.54, 1.807) is 12.3 Å². The SMILES string of the molecule is C=C(N)/N=C1/NN=C(c2ccnc(SC)n2)/C1=C/N. The first-order valence-electron chi connectivity index (χ1n) is 5.32. The summed E-state index contributed by atoms with van der Waals surface area (Å²) in [6, 6.07) is 1.75. The lowest BCUT2D eigenvalue weighted by molar-refractivity contribution is 0.957. The van der Waals surface area contributed by atoms with Crippen LogP contribution in [-0.4, -0.2) is 27.8 Å². The number of hydrogen-bond acceptors (Lipinski definition) is 7. The third-order valence-corrected chi connectivity index (χ3v) is 2.83. The summed E-state index contributed by atoms with van der Waals surface area (Å²) in [7, 11) is 0. The molecule has 98 valence electrons. The van der Waals surface area contributed by atoms with Crippen molar-refractivity contribution in [3.05, 3.63) is 42.1 Å². The van der Waals surface area contributed by atoms with Gasteiger partial charge in [-0.3, -0.25) is 5.43 Å². The van der Waals surface area contributed by atoms with E-state index < -0.39 is 0 Å². The van der Waals surface area contributed by atoms with E-state index in [-0.39, 0.29) is 5.82 Å². The molecule has 0 radical (unpaired) electrons. The third-order valence-electron chi connectivity index (χ3n) is 2.26. The molecular weight excluding hydrogens is 262 g/mol. The molecule has 0 aromatic carbocycles. The van der Waals surface area contributed by atoms with Crippen LogP contribution in [0.15, 0.2) is 51.7 Å². The molecule has 19 heavy (non-hydrogen) atoms. The Bertz CT molecular complexity index is 603. The Hall–Kier alpha value is -2.35. The summed E-state index contributed by atoms with van der Waals surface area (Å²) in [6.07, 6.45) is 4.97. The first-order chi connectivity index (χ1) is 9.15. The molecular formula is C11H13N7S. The maximum Gasteiger partial charge on any atom is 0.187 e. The number of aromatic nitrogens is 2. The summed E-state index contributed by atoms with van der Waals surface area (Å²) in [4.78, 5) is 12.5. The van der Waals surface area contributed by atoms with Gasteiger partial charge in [-0.1, -0.05) is 18.3 Å². The highest BCUT2D eigenvalue weighted by molar-refractivity contribution is 7.98. The quantitative estimate of drug-likeness (QED) is 0.535. The molecule has 0 amide bonds. The van der Waals surface area contributed by atoms with Crippen LogP contribution < -0.4 is 16.9 Å². The van der Waals surface area contributed by atoms with Crippen molar-refractivity contribution in [2.24, 2.45) is 21.6 Å². The Kier molecular flexibility index (Phi) is 3.81. The molecule has 0 fully saturated rings. The number of nitrogens with zero attached hydrogens (tertiary/aromatic N) is 4. The van der Waals surface area contributed by atoms with E-state index in [1.165, 1.54) is 18.0 Å². The average molecular weight is 275 g/mol. The number of nitrogens with one attached hydrogen (secondary N) is 1. The average Bonchev–Trinajstić information content (AvgIpc) is 2.80. The predicted molar refractivity (Wildman–Crippen MR) is 76.5 cm³/mol. The molecule has 1 aliphatic rings. The number of thioether (sulfide) groups is 1. The lowest BCUT2D eigenvalue weighted by Crippen LogP contribution is -2.17. The lowest BCUT2D eigenvalue weighted by atomic mass is 10.1. The van der Waals surface area contributed by atoms with E-state index in [4.69, 9.17) is 11.5 Å². The molecule has 0 spiro atoms. The van der Waals surface area contributed by atoms with Crippen LogP contribution in [0.5, 0.6) is 0 Å². The predicted octanol–water partition coefficient (Wildman–Crippen LogP) is 0.177. The third kappa shape index (κ3) is 2.74. The van der Waals surface area contributed by atoms with Crippen LogP contribution in [0.25, 0.3) is 0 Å². The Morgan fingerprint density at radius 3 is 3.00 bits per heavy atom. The van der Waals surface area contributed by atoms with Gasteiger partial charge in [-0.2, -0.15) is 5.10 Å². The van der Waals surface area contributed by atoms with E-state index >= 15 is 0 Å². The molecule has 8 heteroatoms. The van der Waals surface area contributed by atoms with Gasteiger partial charge in [-0.15, -0.1) is 0 Å². The van der Waals surface area contributed by atoms with Gasteiger partial charge in [-0.05, 0) is 12.3 Å². The van der Waals surface area contributed by atoms with E-state index in [1.807, 2.05) is 6.26 Å².